The normalized spacial score (nSPS) is 11.0. The number of fused-ring (bicyclic) bond motifs is 1. The van der Waals surface area contributed by atoms with Crippen molar-refractivity contribution >= 4 is 22.9 Å². The fraction of sp³-hybridized carbons (Fsp3) is 0.143. The van der Waals surface area contributed by atoms with Gasteiger partial charge in [0.25, 0.3) is 5.91 Å². The highest BCUT2D eigenvalue weighted by Gasteiger charge is 2.04. The van der Waals surface area contributed by atoms with Gasteiger partial charge < -0.3 is 4.74 Å². The van der Waals surface area contributed by atoms with Crippen molar-refractivity contribution in [3.63, 3.8) is 0 Å². The van der Waals surface area contributed by atoms with Crippen molar-refractivity contribution in [1.82, 2.24) is 5.43 Å². The molecule has 0 bridgehead atoms. The minimum atomic E-state index is -0.294. The zero-order valence-corrected chi connectivity index (χ0v) is 14.3. The van der Waals surface area contributed by atoms with Gasteiger partial charge in [-0.2, -0.15) is 5.10 Å². The first-order valence-corrected chi connectivity index (χ1v) is 8.13. The van der Waals surface area contributed by atoms with E-state index in [0.717, 1.165) is 27.5 Å². The van der Waals surface area contributed by atoms with Crippen molar-refractivity contribution in [3.05, 3.63) is 77.4 Å². The topological polar surface area (TPSA) is 50.7 Å². The molecule has 4 nitrogen and oxygen atoms in total. The first kappa shape index (κ1) is 16.7. The lowest BCUT2D eigenvalue weighted by molar-refractivity contribution is -0.123. The highest BCUT2D eigenvalue weighted by molar-refractivity contribution is 5.99. The molecule has 0 saturated carbocycles. The lowest BCUT2D eigenvalue weighted by Gasteiger charge is -2.08. The summed E-state index contributed by atoms with van der Waals surface area (Å²) in [6, 6.07) is 19.9. The Balaban J connectivity index is 1.60. The van der Waals surface area contributed by atoms with E-state index in [9.17, 15) is 4.79 Å². The van der Waals surface area contributed by atoms with Gasteiger partial charge in [-0.05, 0) is 41.8 Å². The van der Waals surface area contributed by atoms with Crippen LogP contribution >= 0.6 is 0 Å². The number of nitrogens with zero attached hydrogens (tertiary/aromatic N) is 1. The van der Waals surface area contributed by atoms with Crippen LogP contribution < -0.4 is 10.2 Å². The average molecular weight is 332 g/mol. The minimum Gasteiger partial charge on any atom is -0.483 e. The summed E-state index contributed by atoms with van der Waals surface area (Å²) in [5.74, 6) is 0.422. The third-order valence-corrected chi connectivity index (χ3v) is 3.92. The molecule has 1 amide bonds. The Kier molecular flexibility index (Phi) is 5.09. The highest BCUT2D eigenvalue weighted by atomic mass is 16.5. The van der Waals surface area contributed by atoms with Gasteiger partial charge in [0.2, 0.25) is 0 Å². The maximum absolute atomic E-state index is 11.9. The molecule has 0 fully saturated rings. The number of hydrogen-bond acceptors (Lipinski definition) is 3. The van der Waals surface area contributed by atoms with Crippen LogP contribution in [0.15, 0.2) is 65.8 Å². The first-order chi connectivity index (χ1) is 12.1. The van der Waals surface area contributed by atoms with Gasteiger partial charge in [-0.15, -0.1) is 0 Å². The molecule has 3 aromatic rings. The summed E-state index contributed by atoms with van der Waals surface area (Å²) < 4.78 is 5.57. The molecule has 0 spiro atoms. The fourth-order valence-electron chi connectivity index (χ4n) is 2.58. The number of rotatable bonds is 5. The number of nitrogens with one attached hydrogen (secondary N) is 1. The van der Waals surface area contributed by atoms with E-state index in [2.05, 4.69) is 10.5 Å². The zero-order chi connectivity index (χ0) is 17.6. The molecule has 0 radical (unpaired) electrons. The Morgan fingerprint density at radius 1 is 1.08 bits per heavy atom. The number of hydrazone groups is 1. The van der Waals surface area contributed by atoms with Crippen LogP contribution in [0.1, 0.15) is 16.7 Å². The second-order valence-electron chi connectivity index (χ2n) is 5.92. The van der Waals surface area contributed by atoms with E-state index in [1.165, 1.54) is 0 Å². The Bertz CT molecular complexity index is 927. The third kappa shape index (κ3) is 4.23. The number of hydrogen-bond donors (Lipinski definition) is 1. The second-order valence-corrected chi connectivity index (χ2v) is 5.92. The van der Waals surface area contributed by atoms with Gasteiger partial charge in [0.05, 0.1) is 6.21 Å². The number of carbonyl (C=O) groups is 1. The monoisotopic (exact) mass is 332 g/mol. The number of amides is 1. The molecule has 0 aliphatic carbocycles. The summed E-state index contributed by atoms with van der Waals surface area (Å²) in [7, 11) is 0. The summed E-state index contributed by atoms with van der Waals surface area (Å²) in [6.07, 6.45) is 1.65. The maximum Gasteiger partial charge on any atom is 0.277 e. The van der Waals surface area contributed by atoms with Crippen LogP contribution in [0.4, 0.5) is 0 Å². The van der Waals surface area contributed by atoms with Crippen molar-refractivity contribution in [3.8, 4) is 5.75 Å². The van der Waals surface area contributed by atoms with Crippen LogP contribution in [0.2, 0.25) is 0 Å². The van der Waals surface area contributed by atoms with Crippen molar-refractivity contribution in [2.75, 3.05) is 6.61 Å². The molecule has 4 heteroatoms. The van der Waals surface area contributed by atoms with Gasteiger partial charge in [-0.3, -0.25) is 4.79 Å². The Morgan fingerprint density at radius 3 is 2.76 bits per heavy atom. The van der Waals surface area contributed by atoms with Crippen molar-refractivity contribution < 1.29 is 9.53 Å². The van der Waals surface area contributed by atoms with Crippen LogP contribution in [-0.4, -0.2) is 18.7 Å². The molecule has 0 saturated heterocycles. The van der Waals surface area contributed by atoms with Gasteiger partial charge >= 0.3 is 0 Å². The number of carbonyl (C=O) groups excluding carboxylic acids is 1. The van der Waals surface area contributed by atoms with Crippen LogP contribution in [0.5, 0.6) is 5.75 Å². The largest absolute Gasteiger partial charge is 0.483 e. The third-order valence-electron chi connectivity index (χ3n) is 3.92. The van der Waals surface area contributed by atoms with E-state index in [0.29, 0.717) is 5.75 Å². The molecule has 0 unspecified atom stereocenters. The molecule has 1 N–H and O–H groups in total. The van der Waals surface area contributed by atoms with E-state index in [1.807, 2.05) is 74.5 Å². The van der Waals surface area contributed by atoms with Gasteiger partial charge in [0.15, 0.2) is 6.61 Å². The minimum absolute atomic E-state index is 0.0723. The summed E-state index contributed by atoms with van der Waals surface area (Å²) in [4.78, 5) is 11.9. The molecule has 3 rings (SSSR count). The zero-order valence-electron chi connectivity index (χ0n) is 14.3. The SMILES string of the molecule is Cc1ccc(C)c(OCC(=O)N/N=C/c2cccc3ccccc23)c1. The average Bonchev–Trinajstić information content (AvgIpc) is 2.62. The number of benzene rings is 3. The van der Waals surface area contributed by atoms with Crippen LogP contribution in [0.25, 0.3) is 10.8 Å². The lowest BCUT2D eigenvalue weighted by Crippen LogP contribution is -2.24. The molecular weight excluding hydrogens is 312 g/mol. The summed E-state index contributed by atoms with van der Waals surface area (Å²) in [5, 5.41) is 6.27. The van der Waals surface area contributed by atoms with Crippen molar-refractivity contribution in [1.29, 1.82) is 0 Å². The van der Waals surface area contributed by atoms with Crippen LogP contribution in [0, 0.1) is 13.8 Å². The van der Waals surface area contributed by atoms with E-state index in [4.69, 9.17) is 4.74 Å². The standard InChI is InChI=1S/C21H20N2O2/c1-15-10-11-16(2)20(12-15)25-14-21(24)23-22-13-18-8-5-7-17-6-3-4-9-19(17)18/h3-13H,14H2,1-2H3,(H,23,24)/b22-13+. The van der Waals surface area contributed by atoms with Crippen molar-refractivity contribution in [2.45, 2.75) is 13.8 Å². The quantitative estimate of drug-likeness (QED) is 0.567. The van der Waals surface area contributed by atoms with Gasteiger partial charge in [-0.25, -0.2) is 5.43 Å². The van der Waals surface area contributed by atoms with Gasteiger partial charge in [-0.1, -0.05) is 54.6 Å². The summed E-state index contributed by atoms with van der Waals surface area (Å²) in [6.45, 7) is 3.86. The van der Waals surface area contributed by atoms with Gasteiger partial charge in [0.1, 0.15) is 5.75 Å². The van der Waals surface area contributed by atoms with E-state index < -0.39 is 0 Å². The number of aryl methyl sites for hydroxylation is 2. The molecule has 0 heterocycles. The van der Waals surface area contributed by atoms with Crippen LogP contribution in [-0.2, 0) is 4.79 Å². The van der Waals surface area contributed by atoms with Gasteiger partial charge in [0, 0.05) is 5.56 Å². The molecule has 126 valence electrons. The Hall–Kier alpha value is -3.14. The summed E-state index contributed by atoms with van der Waals surface area (Å²) >= 11 is 0. The molecule has 0 aliphatic heterocycles. The molecule has 0 atom stereocenters. The Labute approximate surface area is 147 Å². The molecule has 3 aromatic carbocycles. The molecule has 25 heavy (non-hydrogen) atoms. The van der Waals surface area contributed by atoms with E-state index >= 15 is 0 Å². The van der Waals surface area contributed by atoms with E-state index in [1.54, 1.807) is 6.21 Å². The van der Waals surface area contributed by atoms with Crippen molar-refractivity contribution in [2.24, 2.45) is 5.10 Å². The first-order valence-electron chi connectivity index (χ1n) is 8.13. The predicted molar refractivity (Wildman–Crippen MR) is 101 cm³/mol. The predicted octanol–water partition coefficient (Wildman–Crippen LogP) is 3.99. The molecule has 0 aliphatic rings. The second kappa shape index (κ2) is 7.62. The maximum atomic E-state index is 11.9. The smallest absolute Gasteiger partial charge is 0.277 e. The Morgan fingerprint density at radius 2 is 1.88 bits per heavy atom. The summed E-state index contributed by atoms with van der Waals surface area (Å²) in [5.41, 5.74) is 5.55. The molecular formula is C21H20N2O2. The van der Waals surface area contributed by atoms with E-state index in [-0.39, 0.29) is 12.5 Å². The van der Waals surface area contributed by atoms with Crippen LogP contribution in [0.3, 0.4) is 0 Å². The fourth-order valence-corrected chi connectivity index (χ4v) is 2.58. The lowest BCUT2D eigenvalue weighted by atomic mass is 10.1. The molecule has 0 aromatic heterocycles. The highest BCUT2D eigenvalue weighted by Crippen LogP contribution is 2.19. The number of ether oxygens (including phenoxy) is 1.